The van der Waals surface area contributed by atoms with E-state index in [1.54, 1.807) is 10.4 Å². The van der Waals surface area contributed by atoms with E-state index in [9.17, 15) is 4.79 Å². The Bertz CT molecular complexity index is 756. The predicted molar refractivity (Wildman–Crippen MR) is 88.7 cm³/mol. The Balaban J connectivity index is 1.77. The van der Waals surface area contributed by atoms with Gasteiger partial charge in [0.1, 0.15) is 23.6 Å². The maximum absolute atomic E-state index is 12.0. The molecule has 1 saturated heterocycles. The van der Waals surface area contributed by atoms with Crippen LogP contribution in [0.15, 0.2) is 11.6 Å². The van der Waals surface area contributed by atoms with Crippen LogP contribution in [0.25, 0.3) is 0 Å². The van der Waals surface area contributed by atoms with Crippen LogP contribution in [0, 0.1) is 18.3 Å². The van der Waals surface area contributed by atoms with Crippen molar-refractivity contribution in [3.05, 3.63) is 23.1 Å². The molecule has 9 heteroatoms. The lowest BCUT2D eigenvalue weighted by Gasteiger charge is -2.32. The molecule has 0 bridgehead atoms. The number of piperidine rings is 1. The predicted octanol–water partition coefficient (Wildman–Crippen LogP) is 2.00. The fourth-order valence-electron chi connectivity index (χ4n) is 2.83. The molecule has 3 heterocycles. The van der Waals surface area contributed by atoms with Crippen LogP contribution < -0.4 is 5.32 Å². The molecule has 0 saturated carbocycles. The Hall–Kier alpha value is -2.60. The summed E-state index contributed by atoms with van der Waals surface area (Å²) in [5.74, 6) is 1.38. The van der Waals surface area contributed by atoms with Crippen molar-refractivity contribution in [3.63, 3.8) is 0 Å². The number of anilines is 2. The van der Waals surface area contributed by atoms with Crippen molar-refractivity contribution < 1.29 is 4.79 Å². The zero-order valence-electron chi connectivity index (χ0n) is 13.3. The molecule has 2 aromatic rings. The molecule has 0 aromatic carbocycles. The van der Waals surface area contributed by atoms with Crippen molar-refractivity contribution in [2.75, 3.05) is 18.4 Å². The minimum Gasteiger partial charge on any atom is -0.341 e. The second-order valence-corrected chi connectivity index (χ2v) is 6.44. The average molecular weight is 343 g/mol. The number of nitriles is 1. The van der Waals surface area contributed by atoms with Crippen LogP contribution in [0.3, 0.4) is 0 Å². The summed E-state index contributed by atoms with van der Waals surface area (Å²) in [5, 5.41) is 20.3. The molecule has 0 radical (unpaired) electrons. The van der Waals surface area contributed by atoms with Gasteiger partial charge in [-0.3, -0.25) is 4.79 Å². The smallest absolute Gasteiger partial charge is 0.236 e. The third-order valence-corrected chi connectivity index (χ3v) is 4.48. The van der Waals surface area contributed by atoms with Crippen molar-refractivity contribution in [1.29, 1.82) is 5.26 Å². The quantitative estimate of drug-likeness (QED) is 0.904. The molecule has 1 aliphatic heterocycles. The highest BCUT2D eigenvalue weighted by atomic mass is 32.1. The number of amides is 1. The molecular formula is C15H17N7OS. The van der Waals surface area contributed by atoms with E-state index in [1.165, 1.54) is 11.3 Å². The standard InChI is InChI=1S/C15H17N7OS/c1-10-18-12(7-13(19-10)20-15-21-17-9-24-15)11-3-2-6-22(8-11)14(23)4-5-16/h7,9,11H,2-4,6,8H2,1H3,(H,18,19,20,21). The maximum Gasteiger partial charge on any atom is 0.236 e. The van der Waals surface area contributed by atoms with Gasteiger partial charge in [-0.25, -0.2) is 9.97 Å². The number of nitrogens with one attached hydrogen (secondary N) is 1. The largest absolute Gasteiger partial charge is 0.341 e. The number of aromatic nitrogens is 4. The number of likely N-dealkylation sites (tertiary alicyclic amines) is 1. The lowest BCUT2D eigenvalue weighted by Crippen LogP contribution is -2.39. The van der Waals surface area contributed by atoms with E-state index in [4.69, 9.17) is 5.26 Å². The molecular weight excluding hydrogens is 326 g/mol. The van der Waals surface area contributed by atoms with Gasteiger partial charge in [0.25, 0.3) is 0 Å². The van der Waals surface area contributed by atoms with E-state index < -0.39 is 0 Å². The second kappa shape index (κ2) is 7.31. The summed E-state index contributed by atoms with van der Waals surface area (Å²) in [4.78, 5) is 22.6. The number of hydrogen-bond acceptors (Lipinski definition) is 8. The first-order valence-corrected chi connectivity index (χ1v) is 8.57. The Morgan fingerprint density at radius 3 is 3.17 bits per heavy atom. The third kappa shape index (κ3) is 3.83. The third-order valence-electron chi connectivity index (χ3n) is 3.88. The van der Waals surface area contributed by atoms with E-state index in [0.717, 1.165) is 18.5 Å². The van der Waals surface area contributed by atoms with E-state index >= 15 is 0 Å². The molecule has 2 aromatic heterocycles. The maximum atomic E-state index is 12.0. The summed E-state index contributed by atoms with van der Waals surface area (Å²) in [6.07, 6.45) is 1.80. The molecule has 8 nitrogen and oxygen atoms in total. The van der Waals surface area contributed by atoms with Gasteiger partial charge in [0.2, 0.25) is 11.0 Å². The first-order valence-electron chi connectivity index (χ1n) is 7.69. The topological polar surface area (TPSA) is 108 Å². The second-order valence-electron chi connectivity index (χ2n) is 5.61. The highest BCUT2D eigenvalue weighted by Gasteiger charge is 2.26. The van der Waals surface area contributed by atoms with E-state index in [0.29, 0.717) is 29.9 Å². The molecule has 1 aliphatic rings. The molecule has 1 unspecified atom stereocenters. The van der Waals surface area contributed by atoms with E-state index in [-0.39, 0.29) is 18.2 Å². The van der Waals surface area contributed by atoms with Crippen molar-refractivity contribution >= 4 is 28.2 Å². The van der Waals surface area contributed by atoms with Gasteiger partial charge in [0.15, 0.2) is 0 Å². The number of hydrogen-bond donors (Lipinski definition) is 1. The summed E-state index contributed by atoms with van der Waals surface area (Å²) in [6, 6.07) is 3.82. The lowest BCUT2D eigenvalue weighted by atomic mass is 9.94. The Morgan fingerprint density at radius 1 is 1.54 bits per heavy atom. The summed E-state index contributed by atoms with van der Waals surface area (Å²) in [7, 11) is 0. The van der Waals surface area contributed by atoms with Crippen molar-refractivity contribution in [3.8, 4) is 6.07 Å². The molecule has 1 amide bonds. The molecule has 0 aliphatic carbocycles. The van der Waals surface area contributed by atoms with Crippen molar-refractivity contribution in [2.24, 2.45) is 0 Å². The summed E-state index contributed by atoms with van der Waals surface area (Å²) in [6.45, 7) is 3.14. The monoisotopic (exact) mass is 343 g/mol. The fraction of sp³-hybridized carbons (Fsp3) is 0.467. The molecule has 3 rings (SSSR count). The molecule has 124 valence electrons. The summed E-state index contributed by atoms with van der Waals surface area (Å²) in [5.41, 5.74) is 2.56. The number of nitrogens with zero attached hydrogens (tertiary/aromatic N) is 6. The van der Waals surface area contributed by atoms with Crippen LogP contribution in [-0.4, -0.2) is 44.1 Å². The van der Waals surface area contributed by atoms with Crippen LogP contribution in [0.5, 0.6) is 0 Å². The van der Waals surface area contributed by atoms with Gasteiger partial charge in [-0.2, -0.15) is 5.26 Å². The van der Waals surface area contributed by atoms with Crippen LogP contribution in [0.1, 0.15) is 36.7 Å². The molecule has 1 atom stereocenters. The first kappa shape index (κ1) is 16.3. The average Bonchev–Trinajstić information content (AvgIpc) is 3.07. The van der Waals surface area contributed by atoms with Gasteiger partial charge in [-0.15, -0.1) is 10.2 Å². The Labute approximate surface area is 143 Å². The highest BCUT2D eigenvalue weighted by Crippen LogP contribution is 2.28. The van der Waals surface area contributed by atoms with Gasteiger partial charge >= 0.3 is 0 Å². The Kier molecular flexibility index (Phi) is 4.96. The van der Waals surface area contributed by atoms with Crippen molar-refractivity contribution in [1.82, 2.24) is 25.1 Å². The van der Waals surface area contributed by atoms with Gasteiger partial charge < -0.3 is 10.2 Å². The van der Waals surface area contributed by atoms with Crippen LogP contribution >= 0.6 is 11.3 Å². The number of carbonyl (C=O) groups excluding carboxylic acids is 1. The molecule has 1 N–H and O–H groups in total. The zero-order valence-corrected chi connectivity index (χ0v) is 14.1. The minimum absolute atomic E-state index is 0.0701. The number of carbonyl (C=O) groups is 1. The number of aryl methyl sites for hydroxylation is 1. The molecule has 0 spiro atoms. The summed E-state index contributed by atoms with van der Waals surface area (Å²) >= 11 is 1.40. The minimum atomic E-state index is -0.111. The Morgan fingerprint density at radius 2 is 2.42 bits per heavy atom. The van der Waals surface area contributed by atoms with Crippen molar-refractivity contribution in [2.45, 2.75) is 32.1 Å². The SMILES string of the molecule is Cc1nc(Nc2nncs2)cc(C2CCCN(C(=O)CC#N)C2)n1. The lowest BCUT2D eigenvalue weighted by molar-refractivity contribution is -0.131. The van der Waals surface area contributed by atoms with Crippen LogP contribution in [-0.2, 0) is 4.79 Å². The van der Waals surface area contributed by atoms with E-state index in [1.807, 2.05) is 19.1 Å². The fourth-order valence-corrected chi connectivity index (χ4v) is 3.28. The highest BCUT2D eigenvalue weighted by molar-refractivity contribution is 7.13. The van der Waals surface area contributed by atoms with Gasteiger partial charge in [-0.1, -0.05) is 11.3 Å². The van der Waals surface area contributed by atoms with Gasteiger partial charge in [-0.05, 0) is 19.8 Å². The van der Waals surface area contributed by atoms with Crippen LogP contribution in [0.4, 0.5) is 10.9 Å². The first-order chi connectivity index (χ1) is 11.7. The zero-order chi connectivity index (χ0) is 16.9. The summed E-state index contributed by atoms with van der Waals surface area (Å²) < 4.78 is 0. The van der Waals surface area contributed by atoms with Gasteiger partial charge in [0.05, 0.1) is 11.8 Å². The van der Waals surface area contributed by atoms with Gasteiger partial charge in [0, 0.05) is 25.1 Å². The normalized spacial score (nSPS) is 17.3. The molecule has 24 heavy (non-hydrogen) atoms. The van der Waals surface area contributed by atoms with E-state index in [2.05, 4.69) is 25.5 Å². The molecule has 1 fully saturated rings. The number of rotatable bonds is 4. The van der Waals surface area contributed by atoms with Crippen LogP contribution in [0.2, 0.25) is 0 Å².